The molecular weight excluding hydrogens is 322 g/mol. The van der Waals surface area contributed by atoms with Crippen molar-refractivity contribution in [1.82, 2.24) is 10.0 Å². The fraction of sp³-hybridized carbons (Fsp3) is 0.250. The van der Waals surface area contributed by atoms with Crippen LogP contribution in [0.15, 0.2) is 60.8 Å². The number of aromatic nitrogens is 1. The van der Waals surface area contributed by atoms with Gasteiger partial charge in [0.05, 0.1) is 11.6 Å². The molecule has 1 N–H and O–H groups in total. The van der Waals surface area contributed by atoms with Gasteiger partial charge in [0.2, 0.25) is 0 Å². The fourth-order valence-corrected chi connectivity index (χ4v) is 3.51. The zero-order valence-corrected chi connectivity index (χ0v) is 13.9. The minimum Gasteiger partial charge on any atom is -0.312 e. The zero-order chi connectivity index (χ0) is 17.8. The van der Waals surface area contributed by atoms with Crippen molar-refractivity contribution in [2.45, 2.75) is 31.4 Å². The Balaban J connectivity index is 1.96. The van der Waals surface area contributed by atoms with Crippen LogP contribution in [0, 0.1) is 0 Å². The van der Waals surface area contributed by atoms with Crippen LogP contribution in [0.4, 0.5) is 8.78 Å². The summed E-state index contributed by atoms with van der Waals surface area (Å²) in [6.45, 7) is 2.70. The van der Waals surface area contributed by atoms with Gasteiger partial charge in [-0.2, -0.15) is 13.8 Å². The average Bonchev–Trinajstić information content (AvgIpc) is 2.61. The van der Waals surface area contributed by atoms with Gasteiger partial charge in [0.15, 0.2) is 0 Å². The van der Waals surface area contributed by atoms with E-state index < -0.39 is 17.5 Å². The van der Waals surface area contributed by atoms with Crippen molar-refractivity contribution in [2.75, 3.05) is 0 Å². The monoisotopic (exact) mass is 340 g/mol. The predicted octanol–water partition coefficient (Wildman–Crippen LogP) is 4.90. The minimum atomic E-state index is -3.18. The number of halogens is 2. The van der Waals surface area contributed by atoms with Gasteiger partial charge in [-0.1, -0.05) is 42.5 Å². The Hall–Kier alpha value is -2.37. The van der Waals surface area contributed by atoms with Gasteiger partial charge < -0.3 is 5.21 Å². The van der Waals surface area contributed by atoms with Crippen LogP contribution in [0.5, 0.6) is 0 Å². The number of pyridine rings is 1. The lowest BCUT2D eigenvalue weighted by Gasteiger charge is -2.49. The second-order valence-electron chi connectivity index (χ2n) is 6.93. The van der Waals surface area contributed by atoms with Crippen LogP contribution in [-0.2, 0) is 5.92 Å². The van der Waals surface area contributed by atoms with E-state index in [4.69, 9.17) is 0 Å². The summed E-state index contributed by atoms with van der Waals surface area (Å²) < 4.78 is 29.9. The largest absolute Gasteiger partial charge is 0.312 e. The maximum atomic E-state index is 15.0. The van der Waals surface area contributed by atoms with E-state index in [1.165, 1.54) is 19.9 Å². The first-order chi connectivity index (χ1) is 11.8. The highest BCUT2D eigenvalue weighted by molar-refractivity contribution is 5.79. The Morgan fingerprint density at radius 2 is 1.72 bits per heavy atom. The zero-order valence-electron chi connectivity index (χ0n) is 13.9. The van der Waals surface area contributed by atoms with Gasteiger partial charge in [-0.15, -0.1) is 0 Å². The Labute approximate surface area is 144 Å². The summed E-state index contributed by atoms with van der Waals surface area (Å²) in [7, 11) is 0. The molecule has 25 heavy (non-hydrogen) atoms. The van der Waals surface area contributed by atoms with Crippen LogP contribution in [0.2, 0.25) is 0 Å². The number of alkyl halides is 2. The molecule has 0 spiro atoms. The number of hydroxylamine groups is 2. The number of rotatable bonds is 1. The van der Waals surface area contributed by atoms with Gasteiger partial charge in [0, 0.05) is 17.1 Å². The summed E-state index contributed by atoms with van der Waals surface area (Å²) in [6.07, 6.45) is 1.65. The van der Waals surface area contributed by atoms with Crippen molar-refractivity contribution in [3.63, 3.8) is 0 Å². The van der Waals surface area contributed by atoms with Crippen molar-refractivity contribution in [3.05, 3.63) is 77.5 Å². The minimum absolute atomic E-state index is 0.0524. The van der Waals surface area contributed by atoms with Gasteiger partial charge in [-0.3, -0.25) is 4.98 Å². The highest BCUT2D eigenvalue weighted by Crippen LogP contribution is 2.52. The SMILES string of the molecule is CC1(C)N(O)C(c2cnc3ccccc3c2)c2ccccc2C1(F)F. The van der Waals surface area contributed by atoms with Gasteiger partial charge in [-0.25, -0.2) is 0 Å². The molecule has 0 amide bonds. The van der Waals surface area contributed by atoms with Gasteiger partial charge in [0.25, 0.3) is 5.92 Å². The molecule has 1 aliphatic heterocycles. The first-order valence-corrected chi connectivity index (χ1v) is 8.14. The van der Waals surface area contributed by atoms with Crippen LogP contribution in [-0.4, -0.2) is 20.8 Å². The molecule has 128 valence electrons. The van der Waals surface area contributed by atoms with E-state index in [1.807, 2.05) is 30.3 Å². The Kier molecular flexibility index (Phi) is 3.42. The summed E-state index contributed by atoms with van der Waals surface area (Å²) in [5, 5.41) is 12.4. The third-order valence-electron chi connectivity index (χ3n) is 5.11. The maximum absolute atomic E-state index is 15.0. The van der Waals surface area contributed by atoms with Crippen molar-refractivity contribution in [3.8, 4) is 0 Å². The average molecular weight is 340 g/mol. The Morgan fingerprint density at radius 3 is 2.52 bits per heavy atom. The normalized spacial score (nSPS) is 21.9. The summed E-state index contributed by atoms with van der Waals surface area (Å²) in [6, 6.07) is 15.2. The van der Waals surface area contributed by atoms with Crippen LogP contribution in [0.3, 0.4) is 0 Å². The summed E-state index contributed by atoms with van der Waals surface area (Å²) in [5.74, 6) is -3.18. The van der Waals surface area contributed by atoms with E-state index in [2.05, 4.69) is 4.98 Å². The van der Waals surface area contributed by atoms with E-state index in [0.29, 0.717) is 11.1 Å². The number of nitrogens with zero attached hydrogens (tertiary/aromatic N) is 2. The highest BCUT2D eigenvalue weighted by atomic mass is 19.3. The first-order valence-electron chi connectivity index (χ1n) is 8.14. The lowest BCUT2D eigenvalue weighted by molar-refractivity contribution is -0.273. The van der Waals surface area contributed by atoms with Crippen LogP contribution in [0.25, 0.3) is 10.9 Å². The molecule has 0 saturated carbocycles. The van der Waals surface area contributed by atoms with E-state index in [0.717, 1.165) is 16.0 Å². The second-order valence-corrected chi connectivity index (χ2v) is 6.93. The smallest absolute Gasteiger partial charge is 0.293 e. The van der Waals surface area contributed by atoms with Crippen molar-refractivity contribution >= 4 is 10.9 Å². The molecule has 0 aliphatic carbocycles. The maximum Gasteiger partial charge on any atom is 0.293 e. The molecule has 0 saturated heterocycles. The van der Waals surface area contributed by atoms with E-state index >= 15 is 0 Å². The molecule has 3 aromatic rings. The Morgan fingerprint density at radius 1 is 1.04 bits per heavy atom. The fourth-order valence-electron chi connectivity index (χ4n) is 3.51. The molecule has 1 atom stereocenters. The molecule has 1 aliphatic rings. The van der Waals surface area contributed by atoms with Crippen LogP contribution < -0.4 is 0 Å². The third kappa shape index (κ3) is 2.19. The second kappa shape index (κ2) is 5.31. The molecule has 4 rings (SSSR count). The highest BCUT2D eigenvalue weighted by Gasteiger charge is 2.59. The molecule has 1 unspecified atom stereocenters. The molecular formula is C20H18F2N2O. The standard InChI is InChI=1S/C20H18F2N2O/c1-19(2)20(21,22)16-9-5-4-8-15(16)18(24(19)25)14-11-13-7-3-6-10-17(13)23-12-14/h3-12,18,25H,1-2H3. The first kappa shape index (κ1) is 16.1. The quantitative estimate of drug-likeness (QED) is 0.684. The van der Waals surface area contributed by atoms with Crippen molar-refractivity contribution in [1.29, 1.82) is 0 Å². The lowest BCUT2D eigenvalue weighted by Crippen LogP contribution is -2.58. The van der Waals surface area contributed by atoms with Crippen LogP contribution in [0.1, 0.15) is 36.6 Å². The van der Waals surface area contributed by atoms with Crippen molar-refractivity contribution < 1.29 is 14.0 Å². The number of para-hydroxylation sites is 1. The molecule has 3 nitrogen and oxygen atoms in total. The van der Waals surface area contributed by atoms with E-state index in [9.17, 15) is 14.0 Å². The van der Waals surface area contributed by atoms with Crippen molar-refractivity contribution in [2.24, 2.45) is 0 Å². The van der Waals surface area contributed by atoms with Gasteiger partial charge >= 0.3 is 0 Å². The summed E-state index contributed by atoms with van der Waals surface area (Å²) in [5.41, 5.74) is 0.0917. The number of hydrogen-bond acceptors (Lipinski definition) is 3. The summed E-state index contributed by atoms with van der Waals surface area (Å²) >= 11 is 0. The molecule has 0 bridgehead atoms. The molecule has 2 heterocycles. The Bertz CT molecular complexity index is 955. The van der Waals surface area contributed by atoms with Crippen LogP contribution >= 0.6 is 0 Å². The van der Waals surface area contributed by atoms with E-state index in [-0.39, 0.29) is 5.56 Å². The third-order valence-corrected chi connectivity index (χ3v) is 5.11. The molecule has 2 aromatic carbocycles. The molecule has 0 radical (unpaired) electrons. The lowest BCUT2D eigenvalue weighted by atomic mass is 9.78. The summed E-state index contributed by atoms with van der Waals surface area (Å²) in [4.78, 5) is 4.42. The van der Waals surface area contributed by atoms with Gasteiger partial charge in [-0.05, 0) is 37.1 Å². The topological polar surface area (TPSA) is 36.4 Å². The number of hydrogen-bond donors (Lipinski definition) is 1. The molecule has 1 aromatic heterocycles. The van der Waals surface area contributed by atoms with E-state index in [1.54, 1.807) is 24.4 Å². The molecule has 5 heteroatoms. The number of fused-ring (bicyclic) bond motifs is 2. The number of benzene rings is 2. The van der Waals surface area contributed by atoms with Gasteiger partial charge in [0.1, 0.15) is 5.54 Å². The molecule has 0 fully saturated rings. The predicted molar refractivity (Wildman–Crippen MR) is 91.6 cm³/mol.